The Kier molecular flexibility index (Phi) is 6.22. The third kappa shape index (κ3) is 5.33. The van der Waals surface area contributed by atoms with Crippen LogP contribution in [0.15, 0.2) is 12.7 Å². The molecule has 1 aliphatic carbocycles. The standard InChI is InChI=1S/C13H22O4/c1-3-12(14)16-9-10(2)17-13(15)11-7-5-4-6-8-11/h3,10-11,13,15H,1,4-9H2,2H3. The second-order valence-electron chi connectivity index (χ2n) is 4.57. The fourth-order valence-electron chi connectivity index (χ4n) is 2.07. The van der Waals surface area contributed by atoms with Gasteiger partial charge in [-0.1, -0.05) is 25.8 Å². The van der Waals surface area contributed by atoms with Crippen molar-refractivity contribution >= 4 is 5.97 Å². The van der Waals surface area contributed by atoms with E-state index in [1.54, 1.807) is 6.92 Å². The van der Waals surface area contributed by atoms with Gasteiger partial charge in [0.15, 0.2) is 6.29 Å². The van der Waals surface area contributed by atoms with Crippen molar-refractivity contribution in [2.45, 2.75) is 51.4 Å². The average molecular weight is 242 g/mol. The number of aliphatic hydroxyl groups is 1. The van der Waals surface area contributed by atoms with Crippen molar-refractivity contribution in [3.8, 4) is 0 Å². The zero-order valence-electron chi connectivity index (χ0n) is 10.4. The first kappa shape index (κ1) is 14.2. The van der Waals surface area contributed by atoms with Gasteiger partial charge in [0.2, 0.25) is 0 Å². The molecule has 4 heteroatoms. The molecule has 17 heavy (non-hydrogen) atoms. The molecule has 0 aliphatic heterocycles. The zero-order chi connectivity index (χ0) is 12.7. The van der Waals surface area contributed by atoms with Gasteiger partial charge in [0, 0.05) is 12.0 Å². The third-order valence-corrected chi connectivity index (χ3v) is 3.05. The molecule has 0 saturated heterocycles. The second kappa shape index (κ2) is 7.45. The summed E-state index contributed by atoms with van der Waals surface area (Å²) in [6.45, 7) is 5.24. The molecule has 1 rings (SSSR count). The molecule has 1 saturated carbocycles. The molecule has 98 valence electrons. The third-order valence-electron chi connectivity index (χ3n) is 3.05. The summed E-state index contributed by atoms with van der Waals surface area (Å²) >= 11 is 0. The van der Waals surface area contributed by atoms with Crippen LogP contribution in [0.1, 0.15) is 39.0 Å². The molecule has 1 aliphatic rings. The Morgan fingerprint density at radius 1 is 1.47 bits per heavy atom. The minimum atomic E-state index is -0.743. The van der Waals surface area contributed by atoms with Crippen molar-refractivity contribution in [3.05, 3.63) is 12.7 Å². The van der Waals surface area contributed by atoms with Crippen LogP contribution in [-0.2, 0) is 14.3 Å². The summed E-state index contributed by atoms with van der Waals surface area (Å²) in [6, 6.07) is 0. The topological polar surface area (TPSA) is 55.8 Å². The van der Waals surface area contributed by atoms with Gasteiger partial charge in [-0.3, -0.25) is 0 Å². The zero-order valence-corrected chi connectivity index (χ0v) is 10.4. The Morgan fingerprint density at radius 2 is 2.12 bits per heavy atom. The molecule has 0 heterocycles. The highest BCUT2D eigenvalue weighted by Gasteiger charge is 2.24. The number of esters is 1. The lowest BCUT2D eigenvalue weighted by atomic mass is 9.89. The van der Waals surface area contributed by atoms with Gasteiger partial charge >= 0.3 is 5.97 Å². The normalized spacial score (nSPS) is 20.6. The van der Waals surface area contributed by atoms with E-state index in [-0.39, 0.29) is 18.6 Å². The molecular formula is C13H22O4. The van der Waals surface area contributed by atoms with Crippen molar-refractivity contribution in [2.75, 3.05) is 6.61 Å². The Bertz CT molecular complexity index is 246. The van der Waals surface area contributed by atoms with Crippen molar-refractivity contribution in [2.24, 2.45) is 5.92 Å². The quantitative estimate of drug-likeness (QED) is 0.440. The highest BCUT2D eigenvalue weighted by molar-refractivity contribution is 5.81. The molecule has 2 atom stereocenters. The SMILES string of the molecule is C=CC(=O)OCC(C)OC(O)C1CCCCC1. The highest BCUT2D eigenvalue weighted by Crippen LogP contribution is 2.27. The highest BCUT2D eigenvalue weighted by atomic mass is 16.6. The van der Waals surface area contributed by atoms with Gasteiger partial charge in [-0.15, -0.1) is 0 Å². The maximum Gasteiger partial charge on any atom is 0.330 e. The molecule has 0 radical (unpaired) electrons. The van der Waals surface area contributed by atoms with Crippen LogP contribution in [0.5, 0.6) is 0 Å². The number of carbonyl (C=O) groups is 1. The summed E-state index contributed by atoms with van der Waals surface area (Å²) in [5.74, 6) is -0.242. The van der Waals surface area contributed by atoms with Crippen LogP contribution in [0.2, 0.25) is 0 Å². The Balaban J connectivity index is 2.22. The molecule has 0 amide bonds. The Hall–Kier alpha value is -0.870. The van der Waals surface area contributed by atoms with Gasteiger partial charge in [-0.05, 0) is 19.8 Å². The lowest BCUT2D eigenvalue weighted by Crippen LogP contribution is -2.31. The fraction of sp³-hybridized carbons (Fsp3) is 0.769. The first-order chi connectivity index (χ1) is 8.13. The van der Waals surface area contributed by atoms with E-state index in [4.69, 9.17) is 9.47 Å². The monoisotopic (exact) mass is 242 g/mol. The molecule has 4 nitrogen and oxygen atoms in total. The van der Waals surface area contributed by atoms with E-state index in [0.29, 0.717) is 0 Å². The van der Waals surface area contributed by atoms with Crippen LogP contribution in [0, 0.1) is 5.92 Å². The fourth-order valence-corrected chi connectivity index (χ4v) is 2.07. The first-order valence-corrected chi connectivity index (χ1v) is 6.26. The summed E-state index contributed by atoms with van der Waals surface area (Å²) in [7, 11) is 0. The van der Waals surface area contributed by atoms with Crippen molar-refractivity contribution in [1.82, 2.24) is 0 Å². The van der Waals surface area contributed by atoms with Gasteiger partial charge in [0.25, 0.3) is 0 Å². The van der Waals surface area contributed by atoms with E-state index in [1.165, 1.54) is 6.42 Å². The van der Waals surface area contributed by atoms with Crippen LogP contribution >= 0.6 is 0 Å². The van der Waals surface area contributed by atoms with Crippen LogP contribution in [0.25, 0.3) is 0 Å². The van der Waals surface area contributed by atoms with Gasteiger partial charge < -0.3 is 14.6 Å². The predicted octanol–water partition coefficient (Wildman–Crippen LogP) is 2.02. The molecular weight excluding hydrogens is 220 g/mol. The largest absolute Gasteiger partial charge is 0.460 e. The van der Waals surface area contributed by atoms with E-state index < -0.39 is 12.3 Å². The van der Waals surface area contributed by atoms with Crippen LogP contribution in [0.3, 0.4) is 0 Å². The minimum Gasteiger partial charge on any atom is -0.460 e. The first-order valence-electron chi connectivity index (χ1n) is 6.26. The van der Waals surface area contributed by atoms with Crippen molar-refractivity contribution in [1.29, 1.82) is 0 Å². The number of rotatable bonds is 6. The van der Waals surface area contributed by atoms with Crippen molar-refractivity contribution < 1.29 is 19.4 Å². The Labute approximate surface area is 103 Å². The lowest BCUT2D eigenvalue weighted by Gasteiger charge is -2.28. The number of carbonyl (C=O) groups excluding carboxylic acids is 1. The molecule has 0 spiro atoms. The van der Waals surface area contributed by atoms with Crippen LogP contribution < -0.4 is 0 Å². The summed E-state index contributed by atoms with van der Waals surface area (Å²) in [5.41, 5.74) is 0. The maximum absolute atomic E-state index is 10.8. The summed E-state index contributed by atoms with van der Waals surface area (Å²) < 4.78 is 10.3. The number of hydrogen-bond donors (Lipinski definition) is 1. The summed E-state index contributed by atoms with van der Waals surface area (Å²) in [4.78, 5) is 10.8. The molecule has 1 N–H and O–H groups in total. The van der Waals surface area contributed by atoms with Crippen LogP contribution in [-0.4, -0.2) is 30.1 Å². The molecule has 0 bridgehead atoms. The van der Waals surface area contributed by atoms with E-state index in [2.05, 4.69) is 6.58 Å². The summed E-state index contributed by atoms with van der Waals surface area (Å²) in [6.07, 6.45) is 5.67. The molecule has 2 unspecified atom stereocenters. The van der Waals surface area contributed by atoms with E-state index in [1.807, 2.05) is 0 Å². The number of hydrogen-bond acceptors (Lipinski definition) is 4. The van der Waals surface area contributed by atoms with Gasteiger partial charge in [0.05, 0.1) is 6.10 Å². The van der Waals surface area contributed by atoms with E-state index in [9.17, 15) is 9.90 Å². The van der Waals surface area contributed by atoms with Crippen molar-refractivity contribution in [3.63, 3.8) is 0 Å². The lowest BCUT2D eigenvalue weighted by molar-refractivity contribution is -0.181. The van der Waals surface area contributed by atoms with E-state index >= 15 is 0 Å². The Morgan fingerprint density at radius 3 is 2.71 bits per heavy atom. The second-order valence-corrected chi connectivity index (χ2v) is 4.57. The maximum atomic E-state index is 10.8. The van der Waals surface area contributed by atoms with Gasteiger partial charge in [-0.2, -0.15) is 0 Å². The summed E-state index contributed by atoms with van der Waals surface area (Å²) in [5, 5.41) is 9.88. The molecule has 1 fully saturated rings. The molecule has 0 aromatic heterocycles. The smallest absolute Gasteiger partial charge is 0.330 e. The van der Waals surface area contributed by atoms with Gasteiger partial charge in [-0.25, -0.2) is 4.79 Å². The van der Waals surface area contributed by atoms with E-state index in [0.717, 1.165) is 31.8 Å². The molecule has 0 aromatic carbocycles. The van der Waals surface area contributed by atoms with Crippen LogP contribution in [0.4, 0.5) is 0 Å². The van der Waals surface area contributed by atoms with Gasteiger partial charge in [0.1, 0.15) is 6.61 Å². The molecule has 0 aromatic rings. The number of ether oxygens (including phenoxy) is 2. The predicted molar refractivity (Wildman–Crippen MR) is 64.3 cm³/mol. The minimum absolute atomic E-state index is 0.147. The average Bonchev–Trinajstić information content (AvgIpc) is 2.36. The number of aliphatic hydroxyl groups excluding tert-OH is 1.